The lowest BCUT2D eigenvalue weighted by atomic mass is 10.0. The molecular weight excluding hydrogens is 248 g/mol. The number of nitrogens with zero attached hydrogens (tertiary/aromatic N) is 2. The third kappa shape index (κ3) is 2.51. The Morgan fingerprint density at radius 2 is 2.28 bits per heavy atom. The summed E-state index contributed by atoms with van der Waals surface area (Å²) in [6, 6.07) is 7.53. The maximum atomic E-state index is 11.0. The largest absolute Gasteiger partial charge is 0.481 e. The van der Waals surface area contributed by atoms with E-state index in [1.807, 2.05) is 41.6 Å². The summed E-state index contributed by atoms with van der Waals surface area (Å²) in [4.78, 5) is 17.2. The van der Waals surface area contributed by atoms with Gasteiger partial charge in [-0.1, -0.05) is 12.1 Å². The lowest BCUT2D eigenvalue weighted by molar-refractivity contribution is -0.138. The highest BCUT2D eigenvalue weighted by Gasteiger charge is 2.15. The summed E-state index contributed by atoms with van der Waals surface area (Å²) in [5.41, 5.74) is 1.74. The number of hydrogen-bond acceptors (Lipinski definition) is 4. The first-order valence-electron chi connectivity index (χ1n) is 5.55. The summed E-state index contributed by atoms with van der Waals surface area (Å²) in [5, 5.41) is 11.8. The topological polar surface area (TPSA) is 53.4 Å². The molecule has 1 aromatic heterocycles. The molecule has 94 valence electrons. The van der Waals surface area contributed by atoms with Crippen molar-refractivity contribution in [3.8, 4) is 0 Å². The van der Waals surface area contributed by atoms with Gasteiger partial charge >= 0.3 is 5.97 Å². The normalized spacial score (nSPS) is 12.1. The second-order valence-corrected chi connectivity index (χ2v) is 4.90. The Morgan fingerprint density at radius 3 is 2.89 bits per heavy atom. The minimum absolute atomic E-state index is 0.505. The second kappa shape index (κ2) is 5.18. The summed E-state index contributed by atoms with van der Waals surface area (Å²) >= 11 is 1.54. The van der Waals surface area contributed by atoms with Gasteiger partial charge in [0.05, 0.1) is 5.92 Å². The molecule has 0 saturated carbocycles. The minimum atomic E-state index is -0.816. The van der Waals surface area contributed by atoms with E-state index in [1.165, 1.54) is 0 Å². The van der Waals surface area contributed by atoms with Crippen LogP contribution in [0.5, 0.6) is 0 Å². The van der Waals surface area contributed by atoms with Crippen LogP contribution in [0.4, 0.5) is 10.8 Å². The van der Waals surface area contributed by atoms with E-state index in [0.717, 1.165) is 16.4 Å². The molecule has 2 aromatic rings. The zero-order valence-electron chi connectivity index (χ0n) is 10.2. The van der Waals surface area contributed by atoms with Crippen LogP contribution in [0.1, 0.15) is 18.4 Å². The van der Waals surface area contributed by atoms with Crippen molar-refractivity contribution >= 4 is 28.1 Å². The smallest absolute Gasteiger partial charge is 0.310 e. The number of aromatic nitrogens is 1. The van der Waals surface area contributed by atoms with Crippen LogP contribution < -0.4 is 4.90 Å². The fourth-order valence-electron chi connectivity index (χ4n) is 1.64. The van der Waals surface area contributed by atoms with Gasteiger partial charge in [-0.05, 0) is 24.6 Å². The number of hydrogen-bond donors (Lipinski definition) is 1. The fraction of sp³-hybridized carbons (Fsp3) is 0.231. The molecule has 0 aliphatic heterocycles. The van der Waals surface area contributed by atoms with E-state index < -0.39 is 11.9 Å². The average molecular weight is 262 g/mol. The highest BCUT2D eigenvalue weighted by molar-refractivity contribution is 7.13. The van der Waals surface area contributed by atoms with E-state index in [0.29, 0.717) is 0 Å². The predicted molar refractivity (Wildman–Crippen MR) is 72.7 cm³/mol. The molecule has 1 atom stereocenters. The Labute approximate surface area is 110 Å². The zero-order chi connectivity index (χ0) is 13.1. The molecule has 0 saturated heterocycles. The molecule has 18 heavy (non-hydrogen) atoms. The van der Waals surface area contributed by atoms with Crippen LogP contribution in [0, 0.1) is 0 Å². The van der Waals surface area contributed by atoms with E-state index in [-0.39, 0.29) is 0 Å². The van der Waals surface area contributed by atoms with Gasteiger partial charge in [0.15, 0.2) is 5.13 Å². The quantitative estimate of drug-likeness (QED) is 0.920. The molecule has 1 N–H and O–H groups in total. The molecule has 1 unspecified atom stereocenters. The molecule has 5 heteroatoms. The van der Waals surface area contributed by atoms with E-state index in [1.54, 1.807) is 24.5 Å². The Kier molecular flexibility index (Phi) is 3.62. The maximum absolute atomic E-state index is 11.0. The molecular formula is C13H14N2O2S. The van der Waals surface area contributed by atoms with Crippen LogP contribution in [0.25, 0.3) is 0 Å². The van der Waals surface area contributed by atoms with Crippen molar-refractivity contribution in [1.29, 1.82) is 0 Å². The lowest BCUT2D eigenvalue weighted by Crippen LogP contribution is -2.11. The van der Waals surface area contributed by atoms with Crippen molar-refractivity contribution in [1.82, 2.24) is 4.98 Å². The standard InChI is InChI=1S/C13H14N2O2S/c1-9(12(16)17)10-4-3-5-11(8-10)15(2)13-14-6-7-18-13/h3-9H,1-2H3,(H,16,17). The van der Waals surface area contributed by atoms with Gasteiger partial charge < -0.3 is 10.0 Å². The molecule has 0 aliphatic carbocycles. The average Bonchev–Trinajstić information content (AvgIpc) is 2.91. The molecule has 1 heterocycles. The first-order valence-corrected chi connectivity index (χ1v) is 6.43. The van der Waals surface area contributed by atoms with Crippen molar-refractivity contribution in [2.45, 2.75) is 12.8 Å². The van der Waals surface area contributed by atoms with E-state index >= 15 is 0 Å². The van der Waals surface area contributed by atoms with Gasteiger partial charge in [0, 0.05) is 24.3 Å². The molecule has 0 spiro atoms. The van der Waals surface area contributed by atoms with Crippen LogP contribution in [-0.4, -0.2) is 23.1 Å². The molecule has 2 rings (SSSR count). The van der Waals surface area contributed by atoms with Crippen LogP contribution in [0.2, 0.25) is 0 Å². The SMILES string of the molecule is CC(C(=O)O)c1cccc(N(C)c2nccs2)c1. The Bertz CT molecular complexity index is 540. The number of thiazole rings is 1. The van der Waals surface area contributed by atoms with Crippen LogP contribution in [0.15, 0.2) is 35.8 Å². The number of carbonyl (C=O) groups is 1. The molecule has 1 aromatic carbocycles. The number of aliphatic carboxylic acids is 1. The number of benzene rings is 1. The van der Waals surface area contributed by atoms with Gasteiger partial charge in [-0.2, -0.15) is 0 Å². The van der Waals surface area contributed by atoms with Gasteiger partial charge in [-0.15, -0.1) is 11.3 Å². The van der Waals surface area contributed by atoms with Gasteiger partial charge in [-0.3, -0.25) is 4.79 Å². The van der Waals surface area contributed by atoms with E-state index in [2.05, 4.69) is 4.98 Å². The monoisotopic (exact) mass is 262 g/mol. The number of carboxylic acids is 1. The minimum Gasteiger partial charge on any atom is -0.481 e. The Hall–Kier alpha value is -1.88. The summed E-state index contributed by atoms with van der Waals surface area (Å²) < 4.78 is 0. The molecule has 4 nitrogen and oxygen atoms in total. The van der Waals surface area contributed by atoms with Crippen molar-refractivity contribution in [3.63, 3.8) is 0 Å². The van der Waals surface area contributed by atoms with Crippen molar-refractivity contribution in [3.05, 3.63) is 41.4 Å². The van der Waals surface area contributed by atoms with Crippen LogP contribution in [-0.2, 0) is 4.79 Å². The second-order valence-electron chi connectivity index (χ2n) is 4.03. The van der Waals surface area contributed by atoms with Gasteiger partial charge in [0.2, 0.25) is 0 Å². The summed E-state index contributed by atoms with van der Waals surface area (Å²) in [7, 11) is 1.92. The first kappa shape index (κ1) is 12.6. The highest BCUT2D eigenvalue weighted by Crippen LogP contribution is 2.27. The van der Waals surface area contributed by atoms with Gasteiger partial charge in [0.25, 0.3) is 0 Å². The Morgan fingerprint density at radius 1 is 1.50 bits per heavy atom. The summed E-state index contributed by atoms with van der Waals surface area (Å²) in [5.74, 6) is -1.32. The Balaban J connectivity index is 2.30. The third-order valence-corrected chi connectivity index (χ3v) is 3.68. The molecule has 0 aliphatic rings. The number of anilines is 2. The van der Waals surface area contributed by atoms with Gasteiger partial charge in [0.1, 0.15) is 0 Å². The molecule has 0 amide bonds. The van der Waals surface area contributed by atoms with E-state index in [9.17, 15) is 4.79 Å². The maximum Gasteiger partial charge on any atom is 0.310 e. The predicted octanol–water partition coefficient (Wildman–Crippen LogP) is 3.10. The molecule has 0 fully saturated rings. The molecule has 0 radical (unpaired) electrons. The van der Waals surface area contributed by atoms with Crippen molar-refractivity contribution in [2.24, 2.45) is 0 Å². The lowest BCUT2D eigenvalue weighted by Gasteiger charge is -2.17. The van der Waals surface area contributed by atoms with Crippen LogP contribution >= 0.6 is 11.3 Å². The number of carboxylic acid groups (broad SMARTS) is 1. The van der Waals surface area contributed by atoms with Crippen LogP contribution in [0.3, 0.4) is 0 Å². The summed E-state index contributed by atoms with van der Waals surface area (Å²) in [6.07, 6.45) is 1.75. The van der Waals surface area contributed by atoms with Crippen molar-refractivity contribution < 1.29 is 9.90 Å². The summed E-state index contributed by atoms with van der Waals surface area (Å²) in [6.45, 7) is 1.69. The fourth-order valence-corrected chi connectivity index (χ4v) is 2.27. The highest BCUT2D eigenvalue weighted by atomic mass is 32.1. The number of rotatable bonds is 4. The zero-order valence-corrected chi connectivity index (χ0v) is 11.0. The van der Waals surface area contributed by atoms with E-state index in [4.69, 9.17) is 5.11 Å². The van der Waals surface area contributed by atoms with Gasteiger partial charge in [-0.25, -0.2) is 4.98 Å². The van der Waals surface area contributed by atoms with Crippen molar-refractivity contribution in [2.75, 3.05) is 11.9 Å². The third-order valence-electron chi connectivity index (χ3n) is 2.83. The molecule has 0 bridgehead atoms. The first-order chi connectivity index (χ1) is 8.59.